The van der Waals surface area contributed by atoms with Crippen molar-refractivity contribution in [1.82, 2.24) is 0 Å². The van der Waals surface area contributed by atoms with Gasteiger partial charge in [-0.2, -0.15) is 0 Å². The molecule has 1 fully saturated rings. The molecule has 3 heteroatoms. The highest BCUT2D eigenvalue weighted by Gasteiger charge is 2.34. The average Bonchev–Trinajstić information content (AvgIpc) is 2.58. The van der Waals surface area contributed by atoms with Crippen LogP contribution in [0.3, 0.4) is 0 Å². The zero-order valence-electron chi connectivity index (χ0n) is 8.62. The molecule has 2 aliphatic heterocycles. The summed E-state index contributed by atoms with van der Waals surface area (Å²) in [6.45, 7) is 1.01. The van der Waals surface area contributed by atoms with Crippen LogP contribution in [0.5, 0.6) is 0 Å². The normalized spacial score (nSPS) is 28.8. The van der Waals surface area contributed by atoms with Gasteiger partial charge in [0.05, 0.1) is 5.69 Å². The Balaban J connectivity index is 2.07. The van der Waals surface area contributed by atoms with Crippen LogP contribution in [-0.2, 0) is 6.42 Å². The Morgan fingerprint density at radius 2 is 2.27 bits per heavy atom. The Kier molecular flexibility index (Phi) is 2.25. The van der Waals surface area contributed by atoms with E-state index in [0.29, 0.717) is 12.1 Å². The van der Waals surface area contributed by atoms with Gasteiger partial charge in [0.1, 0.15) is 0 Å². The van der Waals surface area contributed by atoms with E-state index >= 15 is 0 Å². The molecule has 1 saturated heterocycles. The lowest BCUT2D eigenvalue weighted by molar-refractivity contribution is 0.574. The Bertz CT molecular complexity index is 391. The summed E-state index contributed by atoms with van der Waals surface area (Å²) < 4.78 is 1.22. The predicted molar refractivity (Wildman–Crippen MR) is 66.2 cm³/mol. The number of fused-ring (bicyclic) bond motifs is 3. The van der Waals surface area contributed by atoms with Gasteiger partial charge >= 0.3 is 0 Å². The topological polar surface area (TPSA) is 29.3 Å². The number of anilines is 1. The second kappa shape index (κ2) is 3.49. The highest BCUT2D eigenvalue weighted by molar-refractivity contribution is 9.10. The van der Waals surface area contributed by atoms with E-state index in [2.05, 4.69) is 39.0 Å². The number of halogens is 1. The van der Waals surface area contributed by atoms with Crippen molar-refractivity contribution in [2.45, 2.75) is 31.3 Å². The highest BCUT2D eigenvalue weighted by atomic mass is 79.9. The molecular formula is C12H15BrN2. The fourth-order valence-corrected chi connectivity index (χ4v) is 3.54. The van der Waals surface area contributed by atoms with Crippen LogP contribution in [-0.4, -0.2) is 18.6 Å². The number of benzene rings is 1. The molecule has 0 spiro atoms. The summed E-state index contributed by atoms with van der Waals surface area (Å²) in [7, 11) is 0. The summed E-state index contributed by atoms with van der Waals surface area (Å²) in [5, 5.41) is 0. The Hall–Kier alpha value is -0.540. The molecule has 0 aromatic heterocycles. The van der Waals surface area contributed by atoms with Gasteiger partial charge in [-0.1, -0.05) is 12.1 Å². The number of rotatable bonds is 0. The van der Waals surface area contributed by atoms with E-state index in [-0.39, 0.29) is 0 Å². The minimum atomic E-state index is 0.355. The van der Waals surface area contributed by atoms with Crippen molar-refractivity contribution in [3.63, 3.8) is 0 Å². The van der Waals surface area contributed by atoms with Crippen LogP contribution in [0, 0.1) is 0 Å². The van der Waals surface area contributed by atoms with Crippen LogP contribution < -0.4 is 10.6 Å². The standard InChI is InChI=1S/C12H15BrN2/c13-11-3-1-2-8-4-5-10-6-9(14)7-15(10)12(8)11/h1-3,9-10H,4-7,14H2. The molecule has 2 heterocycles. The Labute approximate surface area is 98.6 Å². The van der Waals surface area contributed by atoms with Crippen molar-refractivity contribution >= 4 is 21.6 Å². The number of nitrogens with two attached hydrogens (primary N) is 1. The first-order chi connectivity index (χ1) is 7.25. The molecule has 2 unspecified atom stereocenters. The SMILES string of the molecule is NC1CC2CCc3cccc(Br)c3N2C1. The van der Waals surface area contributed by atoms with E-state index < -0.39 is 0 Å². The summed E-state index contributed by atoms with van der Waals surface area (Å²) in [5.74, 6) is 0. The lowest BCUT2D eigenvalue weighted by atomic mass is 9.96. The Morgan fingerprint density at radius 1 is 1.40 bits per heavy atom. The molecule has 0 amide bonds. The Morgan fingerprint density at radius 3 is 3.13 bits per heavy atom. The summed E-state index contributed by atoms with van der Waals surface area (Å²) in [6.07, 6.45) is 3.61. The van der Waals surface area contributed by atoms with E-state index in [1.165, 1.54) is 28.6 Å². The third kappa shape index (κ3) is 1.49. The van der Waals surface area contributed by atoms with Gasteiger partial charge in [-0.25, -0.2) is 0 Å². The molecule has 0 radical (unpaired) electrons. The van der Waals surface area contributed by atoms with Crippen molar-refractivity contribution in [2.75, 3.05) is 11.4 Å². The van der Waals surface area contributed by atoms with Gasteiger partial charge in [0.15, 0.2) is 0 Å². The number of hydrogen-bond acceptors (Lipinski definition) is 2. The van der Waals surface area contributed by atoms with Gasteiger partial charge in [-0.15, -0.1) is 0 Å². The number of para-hydroxylation sites is 1. The molecule has 1 aromatic carbocycles. The van der Waals surface area contributed by atoms with E-state index in [4.69, 9.17) is 5.73 Å². The van der Waals surface area contributed by atoms with Crippen molar-refractivity contribution in [3.05, 3.63) is 28.2 Å². The maximum atomic E-state index is 6.04. The van der Waals surface area contributed by atoms with E-state index in [0.717, 1.165) is 13.0 Å². The van der Waals surface area contributed by atoms with Crippen LogP contribution in [0.15, 0.2) is 22.7 Å². The lowest BCUT2D eigenvalue weighted by Gasteiger charge is -2.34. The summed E-state index contributed by atoms with van der Waals surface area (Å²) in [5.41, 5.74) is 8.90. The van der Waals surface area contributed by atoms with E-state index in [1.54, 1.807) is 0 Å². The maximum absolute atomic E-state index is 6.04. The van der Waals surface area contributed by atoms with Crippen LogP contribution in [0.1, 0.15) is 18.4 Å². The minimum Gasteiger partial charge on any atom is -0.366 e. The minimum absolute atomic E-state index is 0.355. The smallest absolute Gasteiger partial charge is 0.0546 e. The molecule has 0 bridgehead atoms. The zero-order valence-corrected chi connectivity index (χ0v) is 10.2. The van der Waals surface area contributed by atoms with Gasteiger partial charge in [-0.05, 0) is 46.8 Å². The van der Waals surface area contributed by atoms with Crippen molar-refractivity contribution in [2.24, 2.45) is 5.73 Å². The van der Waals surface area contributed by atoms with Crippen molar-refractivity contribution in [1.29, 1.82) is 0 Å². The summed E-state index contributed by atoms with van der Waals surface area (Å²) in [6, 6.07) is 7.52. The molecule has 2 atom stereocenters. The van der Waals surface area contributed by atoms with Crippen LogP contribution in [0.4, 0.5) is 5.69 Å². The van der Waals surface area contributed by atoms with Gasteiger partial charge in [0.25, 0.3) is 0 Å². The highest BCUT2D eigenvalue weighted by Crippen LogP contribution is 2.40. The third-order valence-electron chi connectivity index (χ3n) is 3.55. The molecule has 2 N–H and O–H groups in total. The molecule has 0 aliphatic carbocycles. The maximum Gasteiger partial charge on any atom is 0.0546 e. The first-order valence-corrected chi connectivity index (χ1v) is 6.34. The van der Waals surface area contributed by atoms with Crippen LogP contribution >= 0.6 is 15.9 Å². The summed E-state index contributed by atoms with van der Waals surface area (Å²) in [4.78, 5) is 2.49. The molecule has 80 valence electrons. The monoisotopic (exact) mass is 266 g/mol. The lowest BCUT2D eigenvalue weighted by Crippen LogP contribution is -2.35. The molecule has 2 aliphatic rings. The fraction of sp³-hybridized carbons (Fsp3) is 0.500. The fourth-order valence-electron chi connectivity index (χ4n) is 2.91. The summed E-state index contributed by atoms with van der Waals surface area (Å²) >= 11 is 3.66. The first kappa shape index (κ1) is 9.67. The first-order valence-electron chi connectivity index (χ1n) is 5.55. The average molecular weight is 267 g/mol. The largest absolute Gasteiger partial charge is 0.366 e. The van der Waals surface area contributed by atoms with Gasteiger partial charge in [0, 0.05) is 23.1 Å². The number of aryl methyl sites for hydroxylation is 1. The van der Waals surface area contributed by atoms with Crippen LogP contribution in [0.2, 0.25) is 0 Å². The second-order valence-corrected chi connectivity index (χ2v) is 5.44. The molecular weight excluding hydrogens is 252 g/mol. The zero-order chi connectivity index (χ0) is 10.4. The second-order valence-electron chi connectivity index (χ2n) is 4.59. The molecule has 0 saturated carbocycles. The molecule has 2 nitrogen and oxygen atoms in total. The quantitative estimate of drug-likeness (QED) is 0.781. The van der Waals surface area contributed by atoms with Gasteiger partial charge in [0.2, 0.25) is 0 Å². The third-order valence-corrected chi connectivity index (χ3v) is 4.19. The predicted octanol–water partition coefficient (Wildman–Crippen LogP) is 2.30. The molecule has 1 aromatic rings. The number of hydrogen-bond donors (Lipinski definition) is 1. The van der Waals surface area contributed by atoms with E-state index in [9.17, 15) is 0 Å². The van der Waals surface area contributed by atoms with Gasteiger partial charge in [-0.3, -0.25) is 0 Å². The van der Waals surface area contributed by atoms with Crippen LogP contribution in [0.25, 0.3) is 0 Å². The van der Waals surface area contributed by atoms with Crippen molar-refractivity contribution < 1.29 is 0 Å². The van der Waals surface area contributed by atoms with Crippen molar-refractivity contribution in [3.8, 4) is 0 Å². The molecule has 15 heavy (non-hydrogen) atoms. The molecule has 3 rings (SSSR count). The van der Waals surface area contributed by atoms with E-state index in [1.807, 2.05) is 0 Å². The van der Waals surface area contributed by atoms with Gasteiger partial charge < -0.3 is 10.6 Å². The number of nitrogens with zero attached hydrogens (tertiary/aromatic N) is 1.